The van der Waals surface area contributed by atoms with E-state index in [9.17, 15) is 18.3 Å². The summed E-state index contributed by atoms with van der Waals surface area (Å²) < 4.78 is 40.0. The molecule has 0 saturated heterocycles. The second-order valence-corrected chi connectivity index (χ2v) is 11.4. The summed E-state index contributed by atoms with van der Waals surface area (Å²) in [5, 5.41) is 20.6. The number of aromatic nitrogens is 3. The fourth-order valence-electron chi connectivity index (χ4n) is 4.87. The molecule has 0 atom stereocenters. The lowest BCUT2D eigenvalue weighted by atomic mass is 9.76. The van der Waals surface area contributed by atoms with E-state index in [1.807, 2.05) is 66.7 Å². The van der Waals surface area contributed by atoms with Gasteiger partial charge >= 0.3 is 6.18 Å². The van der Waals surface area contributed by atoms with Gasteiger partial charge in [0.25, 0.3) is 0 Å². The van der Waals surface area contributed by atoms with Crippen LogP contribution < -0.4 is 0 Å². The van der Waals surface area contributed by atoms with Crippen molar-refractivity contribution in [1.29, 1.82) is 0 Å². The molecule has 4 nitrogen and oxygen atoms in total. The van der Waals surface area contributed by atoms with Crippen molar-refractivity contribution in [2.24, 2.45) is 0 Å². The number of phenolic OH excluding ortho intramolecular Hbond substituents is 1. The van der Waals surface area contributed by atoms with Crippen molar-refractivity contribution in [2.75, 3.05) is 0 Å². The highest BCUT2D eigenvalue weighted by Crippen LogP contribution is 2.43. The lowest BCUT2D eigenvalue weighted by Gasteiger charge is -2.28. The molecule has 0 saturated carbocycles. The average molecular weight is 530 g/mol. The quantitative estimate of drug-likeness (QED) is 0.254. The maximum atomic E-state index is 13.3. The Morgan fingerprint density at radius 1 is 0.641 bits per heavy atom. The molecule has 1 N–H and O–H groups in total. The van der Waals surface area contributed by atoms with Crippen molar-refractivity contribution in [3.05, 3.63) is 107 Å². The van der Waals surface area contributed by atoms with Gasteiger partial charge in [-0.2, -0.15) is 13.2 Å². The maximum Gasteiger partial charge on any atom is 0.416 e. The second-order valence-electron chi connectivity index (χ2n) is 11.4. The zero-order chi connectivity index (χ0) is 28.2. The molecule has 1 aromatic heterocycles. The summed E-state index contributed by atoms with van der Waals surface area (Å²) in [5.74, 6) is 0.132. The zero-order valence-electron chi connectivity index (χ0n) is 22.5. The van der Waals surface area contributed by atoms with Crippen molar-refractivity contribution >= 4 is 11.0 Å². The Bertz CT molecular complexity index is 1660. The first-order valence-corrected chi connectivity index (χ1v) is 12.7. The Kier molecular flexibility index (Phi) is 6.29. The minimum Gasteiger partial charge on any atom is -0.507 e. The normalized spacial score (nSPS) is 12.7. The highest BCUT2D eigenvalue weighted by Gasteiger charge is 2.31. The van der Waals surface area contributed by atoms with Crippen LogP contribution in [0.5, 0.6) is 5.75 Å². The standard InChI is InChI=1S/C32H30F3N3O/c1-30(2,3)21-14-16-23(24-12-9-13-25(29(24)39)31(4,5)20-10-7-6-8-11-20)28(19-21)38-36-26-17-15-22(32(33,34)35)18-27(26)37-38/h6-19,39H,1-5H3. The van der Waals surface area contributed by atoms with Crippen LogP contribution in [0.15, 0.2) is 84.9 Å². The van der Waals surface area contributed by atoms with E-state index >= 15 is 0 Å². The predicted molar refractivity (Wildman–Crippen MR) is 148 cm³/mol. The van der Waals surface area contributed by atoms with Crippen LogP contribution in [0, 0.1) is 0 Å². The Morgan fingerprint density at radius 2 is 1.31 bits per heavy atom. The largest absolute Gasteiger partial charge is 0.507 e. The molecular weight excluding hydrogens is 499 g/mol. The van der Waals surface area contributed by atoms with Gasteiger partial charge in [0.05, 0.1) is 11.3 Å². The summed E-state index contributed by atoms with van der Waals surface area (Å²) in [7, 11) is 0. The first-order valence-electron chi connectivity index (χ1n) is 12.7. The minimum absolute atomic E-state index is 0.132. The molecule has 200 valence electrons. The van der Waals surface area contributed by atoms with Gasteiger partial charge in [-0.05, 0) is 40.8 Å². The van der Waals surface area contributed by atoms with Crippen LogP contribution in [-0.2, 0) is 17.0 Å². The van der Waals surface area contributed by atoms with E-state index in [1.165, 1.54) is 10.9 Å². The number of halogens is 3. The number of benzene rings is 4. The molecule has 0 fully saturated rings. The Balaban J connectivity index is 1.71. The number of para-hydroxylation sites is 1. The number of phenols is 1. The Labute approximate surface area is 225 Å². The van der Waals surface area contributed by atoms with Gasteiger partial charge < -0.3 is 5.11 Å². The molecule has 4 aromatic carbocycles. The van der Waals surface area contributed by atoms with Gasteiger partial charge in [-0.1, -0.05) is 95.3 Å². The fourth-order valence-corrected chi connectivity index (χ4v) is 4.87. The number of aromatic hydroxyl groups is 1. The van der Waals surface area contributed by atoms with Crippen molar-refractivity contribution in [1.82, 2.24) is 15.0 Å². The van der Waals surface area contributed by atoms with E-state index in [0.29, 0.717) is 22.3 Å². The molecule has 0 amide bonds. The molecule has 5 aromatic rings. The summed E-state index contributed by atoms with van der Waals surface area (Å²) in [6.45, 7) is 10.4. The van der Waals surface area contributed by atoms with Crippen molar-refractivity contribution in [3.63, 3.8) is 0 Å². The molecule has 7 heteroatoms. The summed E-state index contributed by atoms with van der Waals surface area (Å²) >= 11 is 0. The number of hydrogen-bond donors (Lipinski definition) is 1. The Hall–Kier alpha value is -4.13. The van der Waals surface area contributed by atoms with Crippen molar-refractivity contribution in [3.8, 4) is 22.6 Å². The van der Waals surface area contributed by atoms with Gasteiger partial charge in [0, 0.05) is 22.1 Å². The minimum atomic E-state index is -4.48. The maximum absolute atomic E-state index is 13.3. The van der Waals surface area contributed by atoms with Gasteiger partial charge in [0.1, 0.15) is 16.8 Å². The van der Waals surface area contributed by atoms with Crippen LogP contribution in [0.3, 0.4) is 0 Å². The van der Waals surface area contributed by atoms with E-state index in [0.717, 1.165) is 28.8 Å². The van der Waals surface area contributed by atoms with Crippen LogP contribution in [0.25, 0.3) is 27.8 Å². The lowest BCUT2D eigenvalue weighted by molar-refractivity contribution is -0.137. The molecule has 5 rings (SSSR count). The van der Waals surface area contributed by atoms with E-state index in [4.69, 9.17) is 0 Å². The highest BCUT2D eigenvalue weighted by molar-refractivity contribution is 5.81. The van der Waals surface area contributed by atoms with E-state index in [1.54, 1.807) is 0 Å². The number of rotatable bonds is 4. The summed E-state index contributed by atoms with van der Waals surface area (Å²) in [4.78, 5) is 1.36. The third-order valence-corrected chi connectivity index (χ3v) is 7.28. The van der Waals surface area contributed by atoms with Crippen LogP contribution in [-0.4, -0.2) is 20.1 Å². The summed E-state index contributed by atoms with van der Waals surface area (Å²) in [6.07, 6.45) is -4.48. The second kappa shape index (κ2) is 9.26. The van der Waals surface area contributed by atoms with Crippen LogP contribution in [0.2, 0.25) is 0 Å². The zero-order valence-corrected chi connectivity index (χ0v) is 22.5. The molecule has 0 radical (unpaired) electrons. The van der Waals surface area contributed by atoms with Crippen LogP contribution in [0.1, 0.15) is 56.9 Å². The van der Waals surface area contributed by atoms with Gasteiger partial charge in [-0.25, -0.2) is 0 Å². The molecular formula is C32H30F3N3O. The SMILES string of the molecule is CC(C)(C)c1ccc(-c2cccc(C(C)(C)c3ccccc3)c2O)c(-n2nc3ccc(C(F)(F)F)cc3n2)c1. The smallest absolute Gasteiger partial charge is 0.416 e. The molecule has 0 aliphatic rings. The third kappa shape index (κ3) is 4.89. The van der Waals surface area contributed by atoms with E-state index in [2.05, 4.69) is 44.8 Å². The molecule has 0 spiro atoms. The van der Waals surface area contributed by atoms with Gasteiger partial charge in [-0.3, -0.25) is 0 Å². The van der Waals surface area contributed by atoms with Gasteiger partial charge in [0.2, 0.25) is 0 Å². The van der Waals surface area contributed by atoms with E-state index < -0.39 is 17.2 Å². The average Bonchev–Trinajstić information content (AvgIpc) is 3.31. The monoisotopic (exact) mass is 529 g/mol. The number of nitrogens with zero attached hydrogens (tertiary/aromatic N) is 3. The summed E-state index contributed by atoms with van der Waals surface area (Å²) in [6, 6.07) is 24.8. The number of alkyl halides is 3. The fraction of sp³-hybridized carbons (Fsp3) is 0.250. The lowest BCUT2D eigenvalue weighted by Crippen LogP contribution is -2.19. The molecule has 0 bridgehead atoms. The van der Waals surface area contributed by atoms with Crippen molar-refractivity contribution in [2.45, 2.75) is 51.6 Å². The molecule has 1 heterocycles. The van der Waals surface area contributed by atoms with Gasteiger partial charge in [-0.15, -0.1) is 15.0 Å². The first kappa shape index (κ1) is 26.5. The molecule has 0 aliphatic heterocycles. The third-order valence-electron chi connectivity index (χ3n) is 7.28. The van der Waals surface area contributed by atoms with Crippen molar-refractivity contribution < 1.29 is 18.3 Å². The van der Waals surface area contributed by atoms with Crippen LogP contribution in [0.4, 0.5) is 13.2 Å². The van der Waals surface area contributed by atoms with Crippen LogP contribution >= 0.6 is 0 Å². The summed E-state index contributed by atoms with van der Waals surface area (Å²) in [5.41, 5.74) is 3.65. The molecule has 39 heavy (non-hydrogen) atoms. The number of hydrogen-bond acceptors (Lipinski definition) is 3. The molecule has 0 aliphatic carbocycles. The number of fused-ring (bicyclic) bond motifs is 1. The topological polar surface area (TPSA) is 50.9 Å². The first-order chi connectivity index (χ1) is 18.3. The van der Waals surface area contributed by atoms with E-state index in [-0.39, 0.29) is 16.7 Å². The molecule has 0 unspecified atom stereocenters. The predicted octanol–water partition coefficient (Wildman–Crippen LogP) is 8.44. The highest BCUT2D eigenvalue weighted by atomic mass is 19.4. The Morgan fingerprint density at radius 3 is 1.97 bits per heavy atom. The van der Waals surface area contributed by atoms with Gasteiger partial charge in [0.15, 0.2) is 0 Å².